The molecule has 5 heteroatoms. The highest BCUT2D eigenvalue weighted by Crippen LogP contribution is 2.04. The monoisotopic (exact) mass is 234 g/mol. The molecule has 0 aliphatic carbocycles. The Kier molecular flexibility index (Phi) is 4.46. The molecule has 1 aliphatic rings. The lowest BCUT2D eigenvalue weighted by Crippen LogP contribution is -2.44. The van der Waals surface area contributed by atoms with E-state index >= 15 is 0 Å². The fraction of sp³-hybridized carbons (Fsp3) is 0.500. The molecule has 17 heavy (non-hydrogen) atoms. The van der Waals surface area contributed by atoms with Crippen molar-refractivity contribution < 1.29 is 4.79 Å². The van der Waals surface area contributed by atoms with Crippen LogP contribution in [0.5, 0.6) is 0 Å². The SMILES string of the molecule is O=C(CCN1CCNCC1)Nc1ccncc1. The molecule has 0 radical (unpaired) electrons. The number of rotatable bonds is 4. The molecule has 1 saturated heterocycles. The van der Waals surface area contributed by atoms with Gasteiger partial charge in [-0.3, -0.25) is 9.78 Å². The number of pyridine rings is 1. The molecule has 1 aliphatic heterocycles. The Morgan fingerprint density at radius 1 is 1.35 bits per heavy atom. The van der Waals surface area contributed by atoms with Crippen LogP contribution in [0.3, 0.4) is 0 Å². The summed E-state index contributed by atoms with van der Waals surface area (Å²) in [6, 6.07) is 3.59. The number of carbonyl (C=O) groups excluding carboxylic acids is 1. The summed E-state index contributed by atoms with van der Waals surface area (Å²) in [6.07, 6.45) is 3.89. The number of aromatic nitrogens is 1. The molecule has 92 valence electrons. The van der Waals surface area contributed by atoms with Gasteiger partial charge in [0.25, 0.3) is 0 Å². The summed E-state index contributed by atoms with van der Waals surface area (Å²) in [5, 5.41) is 6.15. The molecular weight excluding hydrogens is 216 g/mol. The van der Waals surface area contributed by atoms with Crippen LogP contribution < -0.4 is 10.6 Å². The smallest absolute Gasteiger partial charge is 0.225 e. The summed E-state index contributed by atoms with van der Waals surface area (Å²) in [7, 11) is 0. The minimum Gasteiger partial charge on any atom is -0.326 e. The van der Waals surface area contributed by atoms with Crippen molar-refractivity contribution >= 4 is 11.6 Å². The lowest BCUT2D eigenvalue weighted by Gasteiger charge is -2.26. The Morgan fingerprint density at radius 2 is 2.06 bits per heavy atom. The number of anilines is 1. The zero-order chi connectivity index (χ0) is 11.9. The maximum absolute atomic E-state index is 11.7. The van der Waals surface area contributed by atoms with Crippen molar-refractivity contribution in [1.29, 1.82) is 0 Å². The van der Waals surface area contributed by atoms with Gasteiger partial charge in [0.05, 0.1) is 0 Å². The Morgan fingerprint density at radius 3 is 2.76 bits per heavy atom. The van der Waals surface area contributed by atoms with Crippen molar-refractivity contribution in [2.75, 3.05) is 38.0 Å². The first-order chi connectivity index (χ1) is 8.34. The van der Waals surface area contributed by atoms with E-state index in [4.69, 9.17) is 0 Å². The quantitative estimate of drug-likeness (QED) is 0.787. The zero-order valence-corrected chi connectivity index (χ0v) is 9.85. The van der Waals surface area contributed by atoms with Crippen LogP contribution in [-0.2, 0) is 4.79 Å². The number of amides is 1. The Bertz CT molecular complexity index is 349. The van der Waals surface area contributed by atoms with Gasteiger partial charge in [0.2, 0.25) is 5.91 Å². The third-order valence-electron chi connectivity index (χ3n) is 2.83. The molecule has 0 aromatic carbocycles. The van der Waals surface area contributed by atoms with E-state index in [1.165, 1.54) is 0 Å². The number of hydrogen-bond donors (Lipinski definition) is 2. The second kappa shape index (κ2) is 6.32. The van der Waals surface area contributed by atoms with Gasteiger partial charge in [-0.05, 0) is 12.1 Å². The van der Waals surface area contributed by atoms with E-state index in [0.29, 0.717) is 6.42 Å². The summed E-state index contributed by atoms with van der Waals surface area (Å²) < 4.78 is 0. The molecular formula is C12H18N4O. The average molecular weight is 234 g/mol. The summed E-state index contributed by atoms with van der Waals surface area (Å²) >= 11 is 0. The molecule has 0 atom stereocenters. The average Bonchev–Trinajstić information content (AvgIpc) is 2.39. The van der Waals surface area contributed by atoms with E-state index in [1.54, 1.807) is 24.5 Å². The highest BCUT2D eigenvalue weighted by molar-refractivity contribution is 5.90. The van der Waals surface area contributed by atoms with Crippen molar-refractivity contribution in [3.05, 3.63) is 24.5 Å². The third kappa shape index (κ3) is 4.13. The van der Waals surface area contributed by atoms with Crippen LogP contribution in [0.4, 0.5) is 5.69 Å². The van der Waals surface area contributed by atoms with Crippen LogP contribution in [0.1, 0.15) is 6.42 Å². The van der Waals surface area contributed by atoms with Crippen molar-refractivity contribution in [3.8, 4) is 0 Å². The van der Waals surface area contributed by atoms with Gasteiger partial charge >= 0.3 is 0 Å². The molecule has 1 fully saturated rings. The van der Waals surface area contributed by atoms with Crippen LogP contribution in [-0.4, -0.2) is 48.5 Å². The van der Waals surface area contributed by atoms with Crippen LogP contribution in [0.25, 0.3) is 0 Å². The van der Waals surface area contributed by atoms with E-state index in [-0.39, 0.29) is 5.91 Å². The van der Waals surface area contributed by atoms with Crippen LogP contribution in [0.15, 0.2) is 24.5 Å². The molecule has 2 N–H and O–H groups in total. The molecule has 1 amide bonds. The minimum absolute atomic E-state index is 0.0646. The largest absolute Gasteiger partial charge is 0.326 e. The standard InChI is InChI=1S/C12H18N4O/c17-12(15-11-1-4-13-5-2-11)3-8-16-9-6-14-7-10-16/h1-2,4-5,14H,3,6-10H2,(H,13,15,17). The number of nitrogens with zero attached hydrogens (tertiary/aromatic N) is 2. The molecule has 0 spiro atoms. The Hall–Kier alpha value is -1.46. The molecule has 0 saturated carbocycles. The first kappa shape index (κ1) is 12.0. The predicted octanol–water partition coefficient (Wildman–Crippen LogP) is 0.315. The molecule has 2 heterocycles. The van der Waals surface area contributed by atoms with Gasteiger partial charge in [-0.2, -0.15) is 0 Å². The van der Waals surface area contributed by atoms with E-state index in [2.05, 4.69) is 20.5 Å². The molecule has 5 nitrogen and oxygen atoms in total. The molecule has 0 unspecified atom stereocenters. The highest BCUT2D eigenvalue weighted by Gasteiger charge is 2.11. The third-order valence-corrected chi connectivity index (χ3v) is 2.83. The number of hydrogen-bond acceptors (Lipinski definition) is 4. The second-order valence-corrected chi connectivity index (χ2v) is 4.13. The summed E-state index contributed by atoms with van der Waals surface area (Å²) in [4.78, 5) is 17.9. The van der Waals surface area contributed by atoms with Crippen molar-refractivity contribution in [1.82, 2.24) is 15.2 Å². The number of nitrogens with one attached hydrogen (secondary N) is 2. The normalized spacial score (nSPS) is 16.7. The summed E-state index contributed by atoms with van der Waals surface area (Å²) in [5.74, 6) is 0.0646. The zero-order valence-electron chi connectivity index (χ0n) is 9.85. The van der Waals surface area contributed by atoms with Gasteiger partial charge in [0.1, 0.15) is 0 Å². The Labute approximate surface area is 101 Å². The van der Waals surface area contributed by atoms with Gasteiger partial charge in [-0.1, -0.05) is 0 Å². The van der Waals surface area contributed by atoms with Gasteiger partial charge in [0.15, 0.2) is 0 Å². The van der Waals surface area contributed by atoms with E-state index in [0.717, 1.165) is 38.4 Å². The van der Waals surface area contributed by atoms with E-state index in [9.17, 15) is 4.79 Å². The first-order valence-corrected chi connectivity index (χ1v) is 5.97. The first-order valence-electron chi connectivity index (χ1n) is 5.97. The maximum atomic E-state index is 11.7. The predicted molar refractivity (Wildman–Crippen MR) is 66.8 cm³/mol. The summed E-state index contributed by atoms with van der Waals surface area (Å²) in [6.45, 7) is 4.93. The second-order valence-electron chi connectivity index (χ2n) is 4.13. The lowest BCUT2D eigenvalue weighted by molar-refractivity contribution is -0.116. The van der Waals surface area contributed by atoms with E-state index in [1.807, 2.05) is 0 Å². The molecule has 1 aromatic rings. The van der Waals surface area contributed by atoms with Gasteiger partial charge < -0.3 is 15.5 Å². The summed E-state index contributed by atoms with van der Waals surface area (Å²) in [5.41, 5.74) is 0.810. The topological polar surface area (TPSA) is 57.3 Å². The van der Waals surface area contributed by atoms with Gasteiger partial charge in [0, 0.05) is 57.2 Å². The van der Waals surface area contributed by atoms with Crippen molar-refractivity contribution in [2.24, 2.45) is 0 Å². The van der Waals surface area contributed by atoms with Crippen molar-refractivity contribution in [3.63, 3.8) is 0 Å². The van der Waals surface area contributed by atoms with E-state index < -0.39 is 0 Å². The Balaban J connectivity index is 1.70. The molecule has 1 aromatic heterocycles. The fourth-order valence-corrected chi connectivity index (χ4v) is 1.85. The lowest BCUT2D eigenvalue weighted by atomic mass is 10.3. The highest BCUT2D eigenvalue weighted by atomic mass is 16.1. The van der Waals surface area contributed by atoms with Crippen LogP contribution in [0, 0.1) is 0 Å². The minimum atomic E-state index is 0.0646. The molecule has 2 rings (SSSR count). The van der Waals surface area contributed by atoms with Crippen molar-refractivity contribution in [2.45, 2.75) is 6.42 Å². The maximum Gasteiger partial charge on any atom is 0.225 e. The van der Waals surface area contributed by atoms with Gasteiger partial charge in [-0.25, -0.2) is 0 Å². The molecule has 0 bridgehead atoms. The van der Waals surface area contributed by atoms with Crippen LogP contribution in [0.2, 0.25) is 0 Å². The number of carbonyl (C=O) groups is 1. The van der Waals surface area contributed by atoms with Crippen LogP contribution >= 0.6 is 0 Å². The van der Waals surface area contributed by atoms with Gasteiger partial charge in [-0.15, -0.1) is 0 Å². The number of piperazine rings is 1. The fourth-order valence-electron chi connectivity index (χ4n) is 1.85.